The minimum Gasteiger partial charge on any atom is -0.494 e. The molecule has 0 atom stereocenters. The number of nitrogens with zero attached hydrogens (tertiary/aromatic N) is 2. The fourth-order valence-electron chi connectivity index (χ4n) is 2.14. The summed E-state index contributed by atoms with van der Waals surface area (Å²) in [5.74, 6) is 0.804. The molecule has 2 rings (SSSR count). The Labute approximate surface area is 113 Å². The molecule has 5 nitrogen and oxygen atoms in total. The summed E-state index contributed by atoms with van der Waals surface area (Å²) in [7, 11) is 1.66. The number of anilines is 1. The number of aryl methyl sites for hydroxylation is 1. The van der Waals surface area contributed by atoms with Gasteiger partial charge in [0.05, 0.1) is 24.2 Å². The molecule has 1 aromatic heterocycles. The molecule has 5 heteroatoms. The maximum atomic E-state index is 5.53. The van der Waals surface area contributed by atoms with E-state index in [1.807, 2.05) is 42.8 Å². The Hall–Kier alpha value is -2.01. The summed E-state index contributed by atoms with van der Waals surface area (Å²) in [6, 6.07) is 7.84. The van der Waals surface area contributed by atoms with Gasteiger partial charge >= 0.3 is 0 Å². The van der Waals surface area contributed by atoms with Gasteiger partial charge in [0, 0.05) is 13.1 Å². The van der Waals surface area contributed by atoms with Crippen molar-refractivity contribution in [2.24, 2.45) is 5.73 Å². The van der Waals surface area contributed by atoms with Crippen molar-refractivity contribution in [3.05, 3.63) is 35.7 Å². The molecule has 0 saturated heterocycles. The number of hydrogen-bond donors (Lipinski definition) is 2. The highest BCUT2D eigenvalue weighted by atomic mass is 16.5. The molecule has 0 saturated carbocycles. The maximum absolute atomic E-state index is 5.53. The molecule has 0 amide bonds. The quantitative estimate of drug-likeness (QED) is 0.861. The van der Waals surface area contributed by atoms with Gasteiger partial charge in [0.15, 0.2) is 0 Å². The van der Waals surface area contributed by atoms with E-state index in [2.05, 4.69) is 10.4 Å². The van der Waals surface area contributed by atoms with Gasteiger partial charge in [-0.3, -0.25) is 0 Å². The lowest BCUT2D eigenvalue weighted by atomic mass is 10.2. The largest absolute Gasteiger partial charge is 0.494 e. The molecule has 0 aliphatic heterocycles. The van der Waals surface area contributed by atoms with Crippen molar-refractivity contribution in [1.82, 2.24) is 9.78 Å². The van der Waals surface area contributed by atoms with Crippen LogP contribution < -0.4 is 15.8 Å². The van der Waals surface area contributed by atoms with Crippen molar-refractivity contribution in [2.75, 3.05) is 25.5 Å². The Morgan fingerprint density at radius 3 is 2.74 bits per heavy atom. The van der Waals surface area contributed by atoms with Crippen LogP contribution in [0.3, 0.4) is 0 Å². The molecule has 0 aliphatic rings. The molecule has 0 fully saturated rings. The topological polar surface area (TPSA) is 65.1 Å². The average molecular weight is 260 g/mol. The molecule has 102 valence electrons. The number of methoxy groups -OCH3 is 1. The molecule has 0 unspecified atom stereocenters. The minimum atomic E-state index is 0.596. The molecule has 0 bridgehead atoms. The first kappa shape index (κ1) is 13.4. The zero-order chi connectivity index (χ0) is 13.8. The highest BCUT2D eigenvalue weighted by Crippen LogP contribution is 2.27. The summed E-state index contributed by atoms with van der Waals surface area (Å²) in [5.41, 5.74) is 9.51. The van der Waals surface area contributed by atoms with Gasteiger partial charge in [-0.15, -0.1) is 0 Å². The Morgan fingerprint density at radius 1 is 1.32 bits per heavy atom. The molecule has 0 aliphatic carbocycles. The number of nitrogens with one attached hydrogen (secondary N) is 1. The Balaban J connectivity index is 2.45. The number of benzene rings is 1. The van der Waals surface area contributed by atoms with Crippen LogP contribution in [0, 0.1) is 13.8 Å². The van der Waals surface area contributed by atoms with Gasteiger partial charge in [0.25, 0.3) is 0 Å². The second-order valence-electron chi connectivity index (χ2n) is 4.34. The van der Waals surface area contributed by atoms with E-state index < -0.39 is 0 Å². The summed E-state index contributed by atoms with van der Waals surface area (Å²) in [4.78, 5) is 0. The first-order chi connectivity index (χ1) is 9.19. The van der Waals surface area contributed by atoms with E-state index in [0.717, 1.165) is 35.1 Å². The predicted octanol–water partition coefficient (Wildman–Crippen LogP) is 1.87. The Morgan fingerprint density at radius 2 is 2.05 bits per heavy atom. The summed E-state index contributed by atoms with van der Waals surface area (Å²) in [6.07, 6.45) is 0. The fourth-order valence-corrected chi connectivity index (χ4v) is 2.14. The molecule has 0 spiro atoms. The number of nitrogens with two attached hydrogens (primary N) is 1. The Kier molecular flexibility index (Phi) is 4.06. The van der Waals surface area contributed by atoms with Crippen molar-refractivity contribution in [3.8, 4) is 11.4 Å². The van der Waals surface area contributed by atoms with E-state index in [4.69, 9.17) is 10.5 Å². The molecule has 1 heterocycles. The monoisotopic (exact) mass is 260 g/mol. The van der Waals surface area contributed by atoms with Crippen molar-refractivity contribution in [1.29, 1.82) is 0 Å². The van der Waals surface area contributed by atoms with Crippen LogP contribution in [0.1, 0.15) is 11.4 Å². The number of para-hydroxylation sites is 2. The Bertz CT molecular complexity index is 563. The zero-order valence-corrected chi connectivity index (χ0v) is 11.6. The maximum Gasteiger partial charge on any atom is 0.144 e. The van der Waals surface area contributed by atoms with Crippen molar-refractivity contribution in [3.63, 3.8) is 0 Å². The molecular weight excluding hydrogens is 240 g/mol. The third-order valence-electron chi connectivity index (χ3n) is 3.05. The molecule has 2 aromatic rings. The van der Waals surface area contributed by atoms with E-state index in [9.17, 15) is 0 Å². The SMILES string of the molecule is COc1ccccc1-n1nc(C)c(NCCN)c1C. The van der Waals surface area contributed by atoms with E-state index in [-0.39, 0.29) is 0 Å². The van der Waals surface area contributed by atoms with Gasteiger partial charge in [0.2, 0.25) is 0 Å². The van der Waals surface area contributed by atoms with Crippen molar-refractivity contribution >= 4 is 5.69 Å². The van der Waals surface area contributed by atoms with E-state index in [1.165, 1.54) is 0 Å². The van der Waals surface area contributed by atoms with Crippen LogP contribution >= 0.6 is 0 Å². The van der Waals surface area contributed by atoms with Gasteiger partial charge in [0.1, 0.15) is 11.4 Å². The van der Waals surface area contributed by atoms with E-state index >= 15 is 0 Å². The standard InChI is InChI=1S/C14H20N4O/c1-10-14(16-9-8-15)11(2)18(17-10)12-6-4-5-7-13(12)19-3/h4-7,16H,8-9,15H2,1-3H3. The lowest BCUT2D eigenvalue weighted by molar-refractivity contribution is 0.411. The molecule has 19 heavy (non-hydrogen) atoms. The fraction of sp³-hybridized carbons (Fsp3) is 0.357. The highest BCUT2D eigenvalue weighted by Gasteiger charge is 2.14. The number of hydrogen-bond acceptors (Lipinski definition) is 4. The second-order valence-corrected chi connectivity index (χ2v) is 4.34. The molecule has 1 aromatic carbocycles. The van der Waals surface area contributed by atoms with E-state index in [0.29, 0.717) is 6.54 Å². The van der Waals surface area contributed by atoms with Crippen LogP contribution in [0.25, 0.3) is 5.69 Å². The van der Waals surface area contributed by atoms with Gasteiger partial charge < -0.3 is 15.8 Å². The van der Waals surface area contributed by atoms with Gasteiger partial charge in [-0.25, -0.2) is 4.68 Å². The number of rotatable bonds is 5. The average Bonchev–Trinajstić information content (AvgIpc) is 2.71. The van der Waals surface area contributed by atoms with E-state index in [1.54, 1.807) is 7.11 Å². The first-order valence-electron chi connectivity index (χ1n) is 6.32. The van der Waals surface area contributed by atoms with Gasteiger partial charge in [-0.05, 0) is 26.0 Å². The zero-order valence-electron chi connectivity index (χ0n) is 11.6. The van der Waals surface area contributed by atoms with Gasteiger partial charge in [-0.1, -0.05) is 12.1 Å². The smallest absolute Gasteiger partial charge is 0.144 e. The van der Waals surface area contributed by atoms with Crippen LogP contribution in [-0.4, -0.2) is 30.0 Å². The lowest BCUT2D eigenvalue weighted by Crippen LogP contribution is -2.14. The summed E-state index contributed by atoms with van der Waals surface area (Å²) in [6.45, 7) is 5.35. The molecule has 0 radical (unpaired) electrons. The number of ether oxygens (including phenoxy) is 1. The molecular formula is C14H20N4O. The third kappa shape index (κ3) is 2.56. The third-order valence-corrected chi connectivity index (χ3v) is 3.05. The van der Waals surface area contributed by atoms with Crippen LogP contribution in [-0.2, 0) is 0 Å². The van der Waals surface area contributed by atoms with Crippen LogP contribution in [0.2, 0.25) is 0 Å². The first-order valence-corrected chi connectivity index (χ1v) is 6.32. The predicted molar refractivity (Wildman–Crippen MR) is 77.1 cm³/mol. The molecule has 3 N–H and O–H groups in total. The highest BCUT2D eigenvalue weighted by molar-refractivity contribution is 5.57. The van der Waals surface area contributed by atoms with Crippen LogP contribution in [0.4, 0.5) is 5.69 Å². The summed E-state index contributed by atoms with van der Waals surface area (Å²) in [5, 5.41) is 7.88. The number of aromatic nitrogens is 2. The summed E-state index contributed by atoms with van der Waals surface area (Å²) >= 11 is 0. The van der Waals surface area contributed by atoms with Crippen molar-refractivity contribution < 1.29 is 4.74 Å². The second kappa shape index (κ2) is 5.75. The minimum absolute atomic E-state index is 0.596. The normalized spacial score (nSPS) is 10.5. The summed E-state index contributed by atoms with van der Waals surface area (Å²) < 4.78 is 7.28. The van der Waals surface area contributed by atoms with Crippen molar-refractivity contribution in [2.45, 2.75) is 13.8 Å². The van der Waals surface area contributed by atoms with Gasteiger partial charge in [-0.2, -0.15) is 5.10 Å². The van der Waals surface area contributed by atoms with Crippen LogP contribution in [0.5, 0.6) is 5.75 Å². The lowest BCUT2D eigenvalue weighted by Gasteiger charge is -2.10. The van der Waals surface area contributed by atoms with Crippen LogP contribution in [0.15, 0.2) is 24.3 Å².